The molecule has 0 heterocycles. The van der Waals surface area contributed by atoms with Gasteiger partial charge < -0.3 is 10.1 Å². The first-order chi connectivity index (χ1) is 13.8. The van der Waals surface area contributed by atoms with Crippen LogP contribution in [0.4, 0.5) is 5.69 Å². The van der Waals surface area contributed by atoms with E-state index in [2.05, 4.69) is 24.4 Å². The number of carbonyl (C=O) groups excluding carboxylic acids is 1. The molecule has 0 bridgehead atoms. The van der Waals surface area contributed by atoms with E-state index in [0.717, 1.165) is 12.0 Å². The maximum atomic E-state index is 12.8. The van der Waals surface area contributed by atoms with Crippen LogP contribution in [-0.2, 0) is 27.7 Å². The lowest BCUT2D eigenvalue weighted by Gasteiger charge is -2.19. The zero-order valence-electron chi connectivity index (χ0n) is 17.6. The Bertz CT molecular complexity index is 920. The molecule has 7 heteroatoms. The number of carbonyl (C=O) groups is 1. The highest BCUT2D eigenvalue weighted by Gasteiger charge is 2.23. The number of aryl methyl sites for hydroxylation is 2. The van der Waals surface area contributed by atoms with Gasteiger partial charge in [-0.15, -0.1) is 0 Å². The Morgan fingerprint density at radius 1 is 1.00 bits per heavy atom. The molecule has 2 rings (SSSR count). The highest BCUT2D eigenvalue weighted by atomic mass is 32.2. The Balaban J connectivity index is 2.14. The maximum Gasteiger partial charge on any atom is 0.243 e. The van der Waals surface area contributed by atoms with Crippen LogP contribution >= 0.6 is 0 Å². The van der Waals surface area contributed by atoms with Crippen molar-refractivity contribution in [3.63, 3.8) is 0 Å². The smallest absolute Gasteiger partial charge is 0.243 e. The lowest BCUT2D eigenvalue weighted by atomic mass is 10.1. The number of benzene rings is 2. The Kier molecular flexibility index (Phi) is 8.22. The molecule has 1 N–H and O–H groups in total. The molecule has 0 unspecified atom stereocenters. The summed E-state index contributed by atoms with van der Waals surface area (Å²) in [5, 5.41) is 2.79. The summed E-state index contributed by atoms with van der Waals surface area (Å²) in [7, 11) is -2.13. The Hall–Kier alpha value is -2.38. The molecule has 0 spiro atoms. The molecule has 0 aliphatic rings. The number of anilines is 1. The molecule has 6 nitrogen and oxygen atoms in total. The molecule has 0 aromatic heterocycles. The van der Waals surface area contributed by atoms with Crippen LogP contribution in [0.1, 0.15) is 38.3 Å². The van der Waals surface area contributed by atoms with Crippen molar-refractivity contribution in [3.8, 4) is 5.75 Å². The van der Waals surface area contributed by atoms with Crippen LogP contribution in [0.5, 0.6) is 5.75 Å². The van der Waals surface area contributed by atoms with Gasteiger partial charge in [-0.25, -0.2) is 8.42 Å². The fourth-order valence-corrected chi connectivity index (χ4v) is 4.55. The van der Waals surface area contributed by atoms with Gasteiger partial charge in [-0.05, 0) is 42.2 Å². The van der Waals surface area contributed by atoms with Gasteiger partial charge in [0, 0.05) is 19.5 Å². The molecule has 158 valence electrons. The first kappa shape index (κ1) is 22.9. The molecule has 0 aliphatic carbocycles. The second kappa shape index (κ2) is 10.4. The molecule has 1 amide bonds. The largest absolute Gasteiger partial charge is 0.495 e. The van der Waals surface area contributed by atoms with Gasteiger partial charge in [-0.1, -0.05) is 45.0 Å². The monoisotopic (exact) mass is 418 g/mol. The minimum absolute atomic E-state index is 0.132. The molecule has 2 aromatic carbocycles. The third-order valence-electron chi connectivity index (χ3n) is 4.86. The van der Waals surface area contributed by atoms with Crippen molar-refractivity contribution in [2.75, 3.05) is 25.5 Å². The number of sulfonamides is 1. The standard InChI is InChI=1S/C22H30N2O4S/c1-5-17-8-10-18(11-9-17)12-15-22(25)23-20-16-19(13-14-21(20)28-4)29(26,27)24(6-2)7-3/h8-11,13-14,16H,5-7,12,15H2,1-4H3,(H,23,25). The summed E-state index contributed by atoms with van der Waals surface area (Å²) in [5.74, 6) is 0.226. The van der Waals surface area contributed by atoms with Crippen LogP contribution in [0.3, 0.4) is 0 Å². The summed E-state index contributed by atoms with van der Waals surface area (Å²) < 4.78 is 32.2. The first-order valence-corrected chi connectivity index (χ1v) is 11.4. The van der Waals surface area contributed by atoms with Crippen LogP contribution in [0.15, 0.2) is 47.4 Å². The molecule has 0 atom stereocenters. The third-order valence-corrected chi connectivity index (χ3v) is 6.91. The topological polar surface area (TPSA) is 75.7 Å². The van der Waals surface area contributed by atoms with E-state index in [1.807, 2.05) is 12.1 Å². The molecule has 0 saturated heterocycles. The zero-order valence-corrected chi connectivity index (χ0v) is 18.4. The maximum absolute atomic E-state index is 12.8. The van der Waals surface area contributed by atoms with E-state index in [1.54, 1.807) is 19.9 Å². The Labute approximate surface area is 173 Å². The van der Waals surface area contributed by atoms with Gasteiger partial charge in [0.1, 0.15) is 5.75 Å². The highest BCUT2D eigenvalue weighted by molar-refractivity contribution is 7.89. The number of ether oxygens (including phenoxy) is 1. The fourth-order valence-electron chi connectivity index (χ4n) is 3.07. The van der Waals surface area contributed by atoms with Crippen LogP contribution in [-0.4, -0.2) is 38.8 Å². The minimum Gasteiger partial charge on any atom is -0.495 e. The average molecular weight is 419 g/mol. The van der Waals surface area contributed by atoms with Crippen molar-refractivity contribution in [2.45, 2.75) is 44.9 Å². The SMILES string of the molecule is CCc1ccc(CCC(=O)Nc2cc(S(=O)(=O)N(CC)CC)ccc2OC)cc1. The number of amides is 1. The summed E-state index contributed by atoms with van der Waals surface area (Å²) >= 11 is 0. The molecule has 29 heavy (non-hydrogen) atoms. The van der Waals surface area contributed by atoms with Gasteiger partial charge in [0.25, 0.3) is 0 Å². The predicted molar refractivity (Wildman–Crippen MR) is 116 cm³/mol. The number of rotatable bonds is 10. The van der Waals surface area contributed by atoms with Crippen molar-refractivity contribution < 1.29 is 17.9 Å². The van der Waals surface area contributed by atoms with E-state index in [1.165, 1.54) is 29.1 Å². The zero-order chi connectivity index (χ0) is 21.4. The molecule has 0 saturated carbocycles. The van der Waals surface area contributed by atoms with Gasteiger partial charge in [0.2, 0.25) is 15.9 Å². The third kappa shape index (κ3) is 5.81. The number of methoxy groups -OCH3 is 1. The van der Waals surface area contributed by atoms with E-state index in [0.29, 0.717) is 37.4 Å². The number of nitrogens with one attached hydrogen (secondary N) is 1. The van der Waals surface area contributed by atoms with Crippen LogP contribution in [0, 0.1) is 0 Å². The number of hydrogen-bond donors (Lipinski definition) is 1. The summed E-state index contributed by atoms with van der Waals surface area (Å²) in [6.07, 6.45) is 1.88. The summed E-state index contributed by atoms with van der Waals surface area (Å²) in [6.45, 7) is 6.44. The molecule has 0 fully saturated rings. The van der Waals surface area contributed by atoms with Crippen LogP contribution in [0.25, 0.3) is 0 Å². The molecule has 2 aromatic rings. The number of hydrogen-bond acceptors (Lipinski definition) is 4. The second-order valence-corrected chi connectivity index (χ2v) is 8.61. The quantitative estimate of drug-likeness (QED) is 0.636. The minimum atomic E-state index is -3.62. The second-order valence-electron chi connectivity index (χ2n) is 6.67. The van der Waals surface area contributed by atoms with Gasteiger partial charge in [-0.3, -0.25) is 4.79 Å². The Morgan fingerprint density at radius 2 is 1.62 bits per heavy atom. The van der Waals surface area contributed by atoms with E-state index in [9.17, 15) is 13.2 Å². The molecule has 0 aliphatic heterocycles. The van der Waals surface area contributed by atoms with Gasteiger partial charge in [0.15, 0.2) is 0 Å². The molecular weight excluding hydrogens is 388 g/mol. The summed E-state index contributed by atoms with van der Waals surface area (Å²) in [6, 6.07) is 12.7. The normalized spacial score (nSPS) is 11.5. The van der Waals surface area contributed by atoms with Crippen molar-refractivity contribution in [1.29, 1.82) is 0 Å². The van der Waals surface area contributed by atoms with E-state index >= 15 is 0 Å². The van der Waals surface area contributed by atoms with E-state index < -0.39 is 10.0 Å². The van der Waals surface area contributed by atoms with Crippen LogP contribution < -0.4 is 10.1 Å². The Morgan fingerprint density at radius 3 is 2.17 bits per heavy atom. The molecule has 0 radical (unpaired) electrons. The van der Waals surface area contributed by atoms with Crippen molar-refractivity contribution >= 4 is 21.6 Å². The predicted octanol–water partition coefficient (Wildman–Crippen LogP) is 3.86. The fraction of sp³-hybridized carbons (Fsp3) is 0.409. The summed E-state index contributed by atoms with van der Waals surface area (Å²) in [5.41, 5.74) is 2.70. The number of nitrogens with zero attached hydrogens (tertiary/aromatic N) is 1. The van der Waals surface area contributed by atoms with Gasteiger partial charge in [-0.2, -0.15) is 4.31 Å². The van der Waals surface area contributed by atoms with Crippen LogP contribution in [0.2, 0.25) is 0 Å². The first-order valence-electron chi connectivity index (χ1n) is 9.91. The average Bonchev–Trinajstić information content (AvgIpc) is 2.73. The van der Waals surface area contributed by atoms with Gasteiger partial charge in [0.05, 0.1) is 17.7 Å². The highest BCUT2D eigenvalue weighted by Crippen LogP contribution is 2.29. The summed E-state index contributed by atoms with van der Waals surface area (Å²) in [4.78, 5) is 12.6. The van der Waals surface area contributed by atoms with Gasteiger partial charge >= 0.3 is 0 Å². The molecular formula is C22H30N2O4S. The van der Waals surface area contributed by atoms with Crippen molar-refractivity contribution in [2.24, 2.45) is 0 Å². The van der Waals surface area contributed by atoms with E-state index in [-0.39, 0.29) is 10.8 Å². The lowest BCUT2D eigenvalue weighted by Crippen LogP contribution is -2.30. The van der Waals surface area contributed by atoms with Crippen molar-refractivity contribution in [1.82, 2.24) is 4.31 Å². The lowest BCUT2D eigenvalue weighted by molar-refractivity contribution is -0.116. The van der Waals surface area contributed by atoms with E-state index in [4.69, 9.17) is 4.74 Å². The van der Waals surface area contributed by atoms with Crippen molar-refractivity contribution in [3.05, 3.63) is 53.6 Å².